The first-order valence-corrected chi connectivity index (χ1v) is 9.19. The van der Waals surface area contributed by atoms with Crippen LogP contribution >= 0.6 is 24.0 Å². The van der Waals surface area contributed by atoms with Crippen molar-refractivity contribution >= 4 is 29.9 Å². The number of hydrogen-bond donors (Lipinski definition) is 2. The zero-order valence-corrected chi connectivity index (χ0v) is 19.1. The normalized spacial score (nSPS) is 12.6. The van der Waals surface area contributed by atoms with E-state index in [4.69, 9.17) is 0 Å². The number of benzene rings is 1. The molecule has 2 N–H and O–H groups in total. The molecule has 0 fully saturated rings. The number of guanidine groups is 1. The fourth-order valence-corrected chi connectivity index (χ4v) is 2.60. The van der Waals surface area contributed by atoms with E-state index in [-0.39, 0.29) is 24.0 Å². The number of rotatable bonds is 9. The number of aryl methyl sites for hydroxylation is 1. The molecule has 2 rings (SSSR count). The third kappa shape index (κ3) is 8.25. The molecule has 0 saturated heterocycles. The van der Waals surface area contributed by atoms with Crippen LogP contribution in [0.5, 0.6) is 0 Å². The Morgan fingerprint density at radius 2 is 2.00 bits per heavy atom. The second kappa shape index (κ2) is 12.7. The van der Waals surface area contributed by atoms with Crippen LogP contribution in [0.2, 0.25) is 0 Å². The maximum atomic E-state index is 4.58. The minimum absolute atomic E-state index is 0. The fraction of sp³-hybridized carbons (Fsp3) is 0.526. The second-order valence-corrected chi connectivity index (χ2v) is 6.46. The van der Waals surface area contributed by atoms with Gasteiger partial charge in [-0.1, -0.05) is 30.3 Å². The standard InChI is InChI=1S/C19H31N7.HI/c1-5-20-19(22-13-18-23-15-24-26(18)4)21-12-11-16(2)25(3)14-17-9-7-6-8-10-17;/h6-10,15-16H,5,11-14H2,1-4H3,(H2,20,21,22);1H. The molecule has 1 atom stereocenters. The Balaban J connectivity index is 0.00000364. The molecule has 150 valence electrons. The van der Waals surface area contributed by atoms with E-state index in [1.54, 1.807) is 11.0 Å². The third-order valence-electron chi connectivity index (χ3n) is 4.41. The molecule has 7 nitrogen and oxygen atoms in total. The Kier molecular flexibility index (Phi) is 11.0. The summed E-state index contributed by atoms with van der Waals surface area (Å²) in [4.78, 5) is 11.2. The SMILES string of the molecule is CCNC(=NCc1ncnn1C)NCCC(C)N(C)Cc1ccccc1.I. The van der Waals surface area contributed by atoms with Gasteiger partial charge in [0.25, 0.3) is 0 Å². The molecule has 27 heavy (non-hydrogen) atoms. The van der Waals surface area contributed by atoms with Crippen molar-refractivity contribution in [1.82, 2.24) is 30.3 Å². The average Bonchev–Trinajstić information content (AvgIpc) is 3.05. The zero-order valence-electron chi connectivity index (χ0n) is 16.7. The summed E-state index contributed by atoms with van der Waals surface area (Å²) in [6.07, 6.45) is 2.59. The highest BCUT2D eigenvalue weighted by atomic mass is 127. The summed E-state index contributed by atoms with van der Waals surface area (Å²) in [6, 6.07) is 11.1. The van der Waals surface area contributed by atoms with Crippen LogP contribution in [0.3, 0.4) is 0 Å². The van der Waals surface area contributed by atoms with Gasteiger partial charge in [0, 0.05) is 32.7 Å². The molecular formula is C19H32IN7. The minimum atomic E-state index is 0. The topological polar surface area (TPSA) is 70.4 Å². The van der Waals surface area contributed by atoms with Gasteiger partial charge in [-0.15, -0.1) is 24.0 Å². The summed E-state index contributed by atoms with van der Waals surface area (Å²) in [5.74, 6) is 1.66. The van der Waals surface area contributed by atoms with Crippen molar-refractivity contribution in [3.8, 4) is 0 Å². The van der Waals surface area contributed by atoms with Gasteiger partial charge in [0.05, 0.1) is 0 Å². The lowest BCUT2D eigenvalue weighted by Crippen LogP contribution is -2.40. The van der Waals surface area contributed by atoms with Crippen molar-refractivity contribution in [1.29, 1.82) is 0 Å². The fourth-order valence-electron chi connectivity index (χ4n) is 2.60. The smallest absolute Gasteiger partial charge is 0.191 e. The molecule has 2 aromatic rings. The van der Waals surface area contributed by atoms with Crippen LogP contribution in [0.25, 0.3) is 0 Å². The predicted molar refractivity (Wildman–Crippen MR) is 121 cm³/mol. The van der Waals surface area contributed by atoms with Gasteiger partial charge in [0.15, 0.2) is 5.96 Å². The highest BCUT2D eigenvalue weighted by Crippen LogP contribution is 2.07. The van der Waals surface area contributed by atoms with Gasteiger partial charge in [0.1, 0.15) is 18.7 Å². The summed E-state index contributed by atoms with van der Waals surface area (Å²) in [7, 11) is 4.05. The molecule has 0 aliphatic carbocycles. The van der Waals surface area contributed by atoms with Gasteiger partial charge in [-0.25, -0.2) is 9.98 Å². The van der Waals surface area contributed by atoms with Crippen molar-refractivity contribution in [2.45, 2.75) is 39.4 Å². The van der Waals surface area contributed by atoms with Crippen molar-refractivity contribution in [3.05, 3.63) is 48.0 Å². The molecule has 1 aromatic carbocycles. The number of nitrogens with one attached hydrogen (secondary N) is 2. The Morgan fingerprint density at radius 1 is 1.26 bits per heavy atom. The van der Waals surface area contributed by atoms with Crippen LogP contribution in [-0.4, -0.2) is 51.8 Å². The molecule has 0 radical (unpaired) electrons. The van der Waals surface area contributed by atoms with Gasteiger partial charge in [-0.05, 0) is 32.9 Å². The van der Waals surface area contributed by atoms with Crippen LogP contribution in [0.1, 0.15) is 31.7 Å². The van der Waals surface area contributed by atoms with Crippen LogP contribution < -0.4 is 10.6 Å². The molecule has 0 saturated carbocycles. The molecule has 0 aliphatic rings. The summed E-state index contributed by atoms with van der Waals surface area (Å²) in [5.41, 5.74) is 1.34. The lowest BCUT2D eigenvalue weighted by molar-refractivity contribution is 0.238. The highest BCUT2D eigenvalue weighted by Gasteiger charge is 2.10. The van der Waals surface area contributed by atoms with Gasteiger partial charge in [-0.2, -0.15) is 5.10 Å². The lowest BCUT2D eigenvalue weighted by atomic mass is 10.1. The Bertz CT molecular complexity index is 672. The molecule has 0 amide bonds. The average molecular weight is 485 g/mol. The van der Waals surface area contributed by atoms with Crippen LogP contribution in [0.4, 0.5) is 0 Å². The van der Waals surface area contributed by atoms with Gasteiger partial charge < -0.3 is 10.6 Å². The maximum absolute atomic E-state index is 4.58. The van der Waals surface area contributed by atoms with E-state index in [1.165, 1.54) is 5.56 Å². The van der Waals surface area contributed by atoms with Crippen molar-refractivity contribution in [2.75, 3.05) is 20.1 Å². The molecule has 1 unspecified atom stereocenters. The van der Waals surface area contributed by atoms with E-state index in [0.717, 1.165) is 37.8 Å². The lowest BCUT2D eigenvalue weighted by Gasteiger charge is -2.25. The first kappa shape index (κ1) is 23.4. The summed E-state index contributed by atoms with van der Waals surface area (Å²) < 4.78 is 1.74. The van der Waals surface area contributed by atoms with Gasteiger partial charge >= 0.3 is 0 Å². The van der Waals surface area contributed by atoms with Crippen LogP contribution in [-0.2, 0) is 20.1 Å². The van der Waals surface area contributed by atoms with Crippen LogP contribution in [0.15, 0.2) is 41.7 Å². The minimum Gasteiger partial charge on any atom is -0.357 e. The number of nitrogens with zero attached hydrogens (tertiary/aromatic N) is 5. The molecule has 0 aliphatic heterocycles. The molecule has 0 bridgehead atoms. The van der Waals surface area contributed by atoms with E-state index >= 15 is 0 Å². The first-order valence-electron chi connectivity index (χ1n) is 9.19. The zero-order chi connectivity index (χ0) is 18.8. The maximum Gasteiger partial charge on any atom is 0.191 e. The second-order valence-electron chi connectivity index (χ2n) is 6.46. The monoisotopic (exact) mass is 485 g/mol. The molecule has 8 heteroatoms. The largest absolute Gasteiger partial charge is 0.357 e. The van der Waals surface area contributed by atoms with Crippen molar-refractivity contribution < 1.29 is 0 Å². The summed E-state index contributed by atoms with van der Waals surface area (Å²) in [5, 5.41) is 10.8. The van der Waals surface area contributed by atoms with Crippen LogP contribution in [0, 0.1) is 0 Å². The van der Waals surface area contributed by atoms with E-state index < -0.39 is 0 Å². The van der Waals surface area contributed by atoms with Gasteiger partial charge in [-0.3, -0.25) is 9.58 Å². The van der Waals surface area contributed by atoms with E-state index in [2.05, 4.69) is 81.8 Å². The Morgan fingerprint density at radius 3 is 2.63 bits per heavy atom. The number of halogens is 1. The van der Waals surface area contributed by atoms with Crippen molar-refractivity contribution in [3.63, 3.8) is 0 Å². The highest BCUT2D eigenvalue weighted by molar-refractivity contribution is 14.0. The van der Waals surface area contributed by atoms with E-state index in [1.807, 2.05) is 7.05 Å². The number of hydrogen-bond acceptors (Lipinski definition) is 4. The Labute approximate surface area is 179 Å². The molecule has 1 heterocycles. The summed E-state index contributed by atoms with van der Waals surface area (Å²) >= 11 is 0. The number of aliphatic imine (C=N–C) groups is 1. The first-order chi connectivity index (χ1) is 12.6. The van der Waals surface area contributed by atoms with E-state index in [9.17, 15) is 0 Å². The molecule has 0 spiro atoms. The van der Waals surface area contributed by atoms with E-state index in [0.29, 0.717) is 12.6 Å². The summed E-state index contributed by atoms with van der Waals surface area (Å²) in [6.45, 7) is 7.49. The Hall–Kier alpha value is -1.68. The molecule has 1 aromatic heterocycles. The predicted octanol–water partition coefficient (Wildman–Crippen LogP) is 2.40. The van der Waals surface area contributed by atoms with Gasteiger partial charge in [0.2, 0.25) is 0 Å². The number of aromatic nitrogens is 3. The van der Waals surface area contributed by atoms with Crippen molar-refractivity contribution in [2.24, 2.45) is 12.0 Å². The third-order valence-corrected chi connectivity index (χ3v) is 4.41. The quantitative estimate of drug-likeness (QED) is 0.325. The molecular weight excluding hydrogens is 453 g/mol.